The first-order valence-electron chi connectivity index (χ1n) is 10.1. The van der Waals surface area contributed by atoms with Gasteiger partial charge in [0.2, 0.25) is 0 Å². The number of nitrogens with zero attached hydrogens (tertiary/aromatic N) is 1. The minimum Gasteiger partial charge on any atom is -0.378 e. The molecule has 0 amide bonds. The second-order valence-electron chi connectivity index (χ2n) is 7.02. The highest BCUT2D eigenvalue weighted by Gasteiger charge is 2.18. The van der Waals surface area contributed by atoms with Gasteiger partial charge in [0.25, 0.3) is 0 Å². The lowest BCUT2D eigenvalue weighted by Crippen LogP contribution is -2.45. The summed E-state index contributed by atoms with van der Waals surface area (Å²) in [6, 6.07) is 1.27. The molecule has 1 heterocycles. The smallest absolute Gasteiger partial charge is 0.0701 e. The van der Waals surface area contributed by atoms with E-state index in [0.717, 1.165) is 38.6 Å². The largest absolute Gasteiger partial charge is 0.378 e. The Hall–Kier alpha value is 0.110. The first kappa shape index (κ1) is 24.1. The monoisotopic (exact) mass is 391 g/mol. The maximum atomic E-state index is 5.68. The molecule has 2 N–H and O–H groups in total. The molecule has 1 saturated heterocycles. The summed E-state index contributed by atoms with van der Waals surface area (Å²) >= 11 is 1.85. The van der Waals surface area contributed by atoms with Crippen LogP contribution < -0.4 is 10.6 Å². The Morgan fingerprint density at radius 2 is 1.54 bits per heavy atom. The molecule has 0 unspecified atom stereocenters. The standard InChI is InChI=1S/C19H41N3O3S/c1-18(2)21-19-4-8-22(9-5-19)10-12-24-14-16-25-15-13-23-11-6-20-7-17-26-3/h18-21H,4-17H2,1-3H3. The molecule has 0 radical (unpaired) electrons. The van der Waals surface area contributed by atoms with Crippen LogP contribution in [0.1, 0.15) is 26.7 Å². The maximum absolute atomic E-state index is 5.68. The van der Waals surface area contributed by atoms with Crippen molar-refractivity contribution in [2.24, 2.45) is 0 Å². The third kappa shape index (κ3) is 14.2. The maximum Gasteiger partial charge on any atom is 0.0701 e. The molecule has 1 fully saturated rings. The van der Waals surface area contributed by atoms with Crippen LogP contribution in [-0.2, 0) is 14.2 Å². The zero-order chi connectivity index (χ0) is 18.9. The van der Waals surface area contributed by atoms with E-state index in [9.17, 15) is 0 Å². The van der Waals surface area contributed by atoms with E-state index in [1.165, 1.54) is 25.9 Å². The highest BCUT2D eigenvalue weighted by molar-refractivity contribution is 7.98. The van der Waals surface area contributed by atoms with Gasteiger partial charge in [0.1, 0.15) is 0 Å². The van der Waals surface area contributed by atoms with Crippen molar-refractivity contribution < 1.29 is 14.2 Å². The number of hydrogen-bond donors (Lipinski definition) is 2. The van der Waals surface area contributed by atoms with Crippen molar-refractivity contribution in [3.63, 3.8) is 0 Å². The van der Waals surface area contributed by atoms with Crippen LogP contribution in [0.25, 0.3) is 0 Å². The normalized spacial score (nSPS) is 16.6. The zero-order valence-corrected chi connectivity index (χ0v) is 18.0. The van der Waals surface area contributed by atoms with Gasteiger partial charge in [-0.2, -0.15) is 11.8 Å². The van der Waals surface area contributed by atoms with Gasteiger partial charge in [-0.25, -0.2) is 0 Å². The second-order valence-corrected chi connectivity index (χ2v) is 8.00. The first-order chi connectivity index (χ1) is 12.7. The number of ether oxygens (including phenoxy) is 3. The Balaban J connectivity index is 1.76. The van der Waals surface area contributed by atoms with Crippen molar-refractivity contribution in [2.75, 3.05) is 84.4 Å². The molecule has 1 aliphatic heterocycles. The van der Waals surface area contributed by atoms with Crippen molar-refractivity contribution in [1.29, 1.82) is 0 Å². The summed E-state index contributed by atoms with van der Waals surface area (Å²) in [6.45, 7) is 13.9. The van der Waals surface area contributed by atoms with Crippen LogP contribution in [0, 0.1) is 0 Å². The summed E-state index contributed by atoms with van der Waals surface area (Å²) in [5, 5.41) is 6.97. The van der Waals surface area contributed by atoms with E-state index in [1.54, 1.807) is 0 Å². The molecule has 0 aromatic carbocycles. The lowest BCUT2D eigenvalue weighted by molar-refractivity contribution is 0.00985. The molecule has 26 heavy (non-hydrogen) atoms. The van der Waals surface area contributed by atoms with Gasteiger partial charge in [0.05, 0.1) is 39.6 Å². The summed E-state index contributed by atoms with van der Waals surface area (Å²) in [4.78, 5) is 2.50. The molecule has 1 aliphatic rings. The average Bonchev–Trinajstić information content (AvgIpc) is 2.63. The van der Waals surface area contributed by atoms with Crippen LogP contribution in [-0.4, -0.2) is 101 Å². The molecule has 0 aliphatic carbocycles. The summed E-state index contributed by atoms with van der Waals surface area (Å²) in [5.41, 5.74) is 0. The molecule has 7 heteroatoms. The van der Waals surface area contributed by atoms with Crippen molar-refractivity contribution >= 4 is 11.8 Å². The van der Waals surface area contributed by atoms with E-state index in [-0.39, 0.29) is 0 Å². The number of nitrogens with one attached hydrogen (secondary N) is 2. The molecule has 0 spiro atoms. The summed E-state index contributed by atoms with van der Waals surface area (Å²) < 4.78 is 16.7. The fourth-order valence-electron chi connectivity index (χ4n) is 2.97. The predicted molar refractivity (Wildman–Crippen MR) is 111 cm³/mol. The van der Waals surface area contributed by atoms with Gasteiger partial charge in [0.15, 0.2) is 0 Å². The van der Waals surface area contributed by atoms with Gasteiger partial charge in [-0.05, 0) is 32.2 Å². The van der Waals surface area contributed by atoms with Gasteiger partial charge in [-0.15, -0.1) is 0 Å². The van der Waals surface area contributed by atoms with E-state index in [1.807, 2.05) is 11.8 Å². The van der Waals surface area contributed by atoms with Crippen molar-refractivity contribution in [3.8, 4) is 0 Å². The number of likely N-dealkylation sites (tertiary alicyclic amines) is 1. The zero-order valence-electron chi connectivity index (χ0n) is 17.1. The first-order valence-corrected chi connectivity index (χ1v) is 11.5. The molecule has 0 aromatic heterocycles. The Bertz CT molecular complexity index is 304. The van der Waals surface area contributed by atoms with E-state index >= 15 is 0 Å². The van der Waals surface area contributed by atoms with E-state index in [4.69, 9.17) is 14.2 Å². The van der Waals surface area contributed by atoms with E-state index in [0.29, 0.717) is 38.5 Å². The van der Waals surface area contributed by atoms with Crippen LogP contribution in [0.2, 0.25) is 0 Å². The highest BCUT2D eigenvalue weighted by atomic mass is 32.2. The quantitative estimate of drug-likeness (QED) is 0.364. The van der Waals surface area contributed by atoms with Gasteiger partial charge in [0, 0.05) is 37.5 Å². The lowest BCUT2D eigenvalue weighted by Gasteiger charge is -2.33. The van der Waals surface area contributed by atoms with Crippen LogP contribution in [0.5, 0.6) is 0 Å². The molecule has 0 saturated carbocycles. The predicted octanol–water partition coefficient (Wildman–Crippen LogP) is 1.45. The van der Waals surface area contributed by atoms with Crippen molar-refractivity contribution in [1.82, 2.24) is 15.5 Å². The van der Waals surface area contributed by atoms with E-state index in [2.05, 4.69) is 35.6 Å². The third-order valence-electron chi connectivity index (χ3n) is 4.36. The molecule has 0 atom stereocenters. The number of rotatable bonds is 17. The summed E-state index contributed by atoms with van der Waals surface area (Å²) in [6.07, 6.45) is 4.61. The van der Waals surface area contributed by atoms with Gasteiger partial charge < -0.3 is 29.7 Å². The molecule has 156 valence electrons. The Kier molecular flexibility index (Phi) is 16.0. The molecular weight excluding hydrogens is 350 g/mol. The molecule has 0 aromatic rings. The number of hydrogen-bond acceptors (Lipinski definition) is 7. The van der Waals surface area contributed by atoms with E-state index < -0.39 is 0 Å². The van der Waals surface area contributed by atoms with Crippen molar-refractivity contribution in [2.45, 2.75) is 38.8 Å². The van der Waals surface area contributed by atoms with Crippen LogP contribution in [0.4, 0.5) is 0 Å². The van der Waals surface area contributed by atoms with Gasteiger partial charge in [-0.1, -0.05) is 13.8 Å². The lowest BCUT2D eigenvalue weighted by atomic mass is 10.0. The number of piperidine rings is 1. The number of thioether (sulfide) groups is 1. The SMILES string of the molecule is CSCCNCCOCCOCCOCCN1CCC(NC(C)C)CC1. The fraction of sp³-hybridized carbons (Fsp3) is 1.00. The highest BCUT2D eigenvalue weighted by Crippen LogP contribution is 2.10. The van der Waals surface area contributed by atoms with Crippen LogP contribution in [0.15, 0.2) is 0 Å². The second kappa shape index (κ2) is 17.2. The van der Waals surface area contributed by atoms with Gasteiger partial charge in [-0.3, -0.25) is 0 Å². The Morgan fingerprint density at radius 3 is 2.15 bits per heavy atom. The summed E-state index contributed by atoms with van der Waals surface area (Å²) in [7, 11) is 0. The fourth-order valence-corrected chi connectivity index (χ4v) is 3.32. The summed E-state index contributed by atoms with van der Waals surface area (Å²) in [5.74, 6) is 1.15. The topological polar surface area (TPSA) is 55.0 Å². The van der Waals surface area contributed by atoms with Gasteiger partial charge >= 0.3 is 0 Å². The third-order valence-corrected chi connectivity index (χ3v) is 4.97. The van der Waals surface area contributed by atoms with Crippen LogP contribution in [0.3, 0.4) is 0 Å². The van der Waals surface area contributed by atoms with Crippen LogP contribution >= 0.6 is 11.8 Å². The molecule has 6 nitrogen and oxygen atoms in total. The van der Waals surface area contributed by atoms with Crippen molar-refractivity contribution in [3.05, 3.63) is 0 Å². The minimum absolute atomic E-state index is 0.585. The molecule has 1 rings (SSSR count). The molecular formula is C19H41N3O3S. The average molecular weight is 392 g/mol. The minimum atomic E-state index is 0.585. The Labute approximate surface area is 165 Å². The molecule has 0 bridgehead atoms. The Morgan fingerprint density at radius 1 is 0.923 bits per heavy atom.